The van der Waals surface area contributed by atoms with Crippen LogP contribution in [0.15, 0.2) is 48.2 Å². The van der Waals surface area contributed by atoms with Crippen molar-refractivity contribution in [3.05, 3.63) is 64.9 Å². The number of amides is 3. The average Bonchev–Trinajstić information content (AvgIpc) is 2.91. The van der Waals surface area contributed by atoms with E-state index in [4.69, 9.17) is 9.47 Å². The van der Waals surface area contributed by atoms with Crippen LogP contribution in [-0.4, -0.2) is 30.6 Å². The van der Waals surface area contributed by atoms with Gasteiger partial charge in [0.2, 0.25) is 0 Å². The molecule has 3 amide bonds. The largest absolute Gasteiger partial charge is 0.493 e. The summed E-state index contributed by atoms with van der Waals surface area (Å²) >= 11 is 0. The molecule has 2 aromatic rings. The van der Waals surface area contributed by atoms with Crippen molar-refractivity contribution in [2.24, 2.45) is 0 Å². The first-order chi connectivity index (χ1) is 13.0. The highest BCUT2D eigenvalue weighted by atomic mass is 16.5. The number of ether oxygens (including phenoxy) is 2. The van der Waals surface area contributed by atoms with Gasteiger partial charge in [0.1, 0.15) is 5.70 Å². The molecule has 6 nitrogen and oxygen atoms in total. The van der Waals surface area contributed by atoms with Gasteiger partial charge in [-0.15, -0.1) is 0 Å². The molecule has 1 aliphatic heterocycles. The molecule has 0 unspecified atom stereocenters. The Morgan fingerprint density at radius 2 is 1.81 bits per heavy atom. The summed E-state index contributed by atoms with van der Waals surface area (Å²) in [5, 5.41) is 2.64. The third-order valence-electron chi connectivity index (χ3n) is 4.22. The summed E-state index contributed by atoms with van der Waals surface area (Å²) in [6, 6.07) is 12.7. The standard InChI is InChI=1S/C21H22N2O4/c1-4-27-19-12-16(9-10-18(19)26-3)11-17-20(24)23(21(25)22-17)13-15-7-5-14(2)6-8-15/h5-12H,4,13H2,1-3H3,(H,22,25). The zero-order valence-electron chi connectivity index (χ0n) is 15.6. The van der Waals surface area contributed by atoms with Crippen molar-refractivity contribution in [2.45, 2.75) is 20.4 Å². The van der Waals surface area contributed by atoms with E-state index in [1.807, 2.05) is 38.1 Å². The van der Waals surface area contributed by atoms with E-state index >= 15 is 0 Å². The molecule has 3 rings (SSSR count). The number of benzene rings is 2. The number of aryl methyl sites for hydroxylation is 1. The van der Waals surface area contributed by atoms with E-state index in [1.54, 1.807) is 31.4 Å². The van der Waals surface area contributed by atoms with Gasteiger partial charge in [0.25, 0.3) is 5.91 Å². The topological polar surface area (TPSA) is 67.9 Å². The minimum Gasteiger partial charge on any atom is -0.493 e. The van der Waals surface area contributed by atoms with Crippen molar-refractivity contribution in [3.63, 3.8) is 0 Å². The van der Waals surface area contributed by atoms with E-state index in [0.29, 0.717) is 18.1 Å². The summed E-state index contributed by atoms with van der Waals surface area (Å²) in [7, 11) is 1.57. The molecule has 0 atom stereocenters. The Kier molecular flexibility index (Phi) is 5.45. The number of nitrogens with zero attached hydrogens (tertiary/aromatic N) is 1. The van der Waals surface area contributed by atoms with Crippen LogP contribution < -0.4 is 14.8 Å². The van der Waals surface area contributed by atoms with Crippen LogP contribution in [0.1, 0.15) is 23.6 Å². The van der Waals surface area contributed by atoms with Crippen LogP contribution >= 0.6 is 0 Å². The molecule has 0 spiro atoms. The van der Waals surface area contributed by atoms with Crippen LogP contribution in [0.5, 0.6) is 11.5 Å². The predicted molar refractivity (Wildman–Crippen MR) is 102 cm³/mol. The van der Waals surface area contributed by atoms with Crippen LogP contribution in [0.25, 0.3) is 6.08 Å². The van der Waals surface area contributed by atoms with Gasteiger partial charge in [-0.1, -0.05) is 35.9 Å². The van der Waals surface area contributed by atoms with E-state index < -0.39 is 6.03 Å². The van der Waals surface area contributed by atoms with E-state index in [0.717, 1.165) is 16.7 Å². The van der Waals surface area contributed by atoms with Gasteiger partial charge in [-0.3, -0.25) is 9.69 Å². The van der Waals surface area contributed by atoms with Crippen LogP contribution in [0.4, 0.5) is 4.79 Å². The molecule has 1 fully saturated rings. The molecular formula is C21H22N2O4. The molecule has 27 heavy (non-hydrogen) atoms. The molecule has 2 aromatic carbocycles. The average molecular weight is 366 g/mol. The monoisotopic (exact) mass is 366 g/mol. The quantitative estimate of drug-likeness (QED) is 0.628. The second-order valence-corrected chi connectivity index (χ2v) is 6.21. The Morgan fingerprint density at radius 3 is 2.48 bits per heavy atom. The predicted octanol–water partition coefficient (Wildman–Crippen LogP) is 3.50. The zero-order valence-corrected chi connectivity index (χ0v) is 15.6. The Bertz CT molecular complexity index is 888. The molecule has 140 valence electrons. The first-order valence-electron chi connectivity index (χ1n) is 8.72. The highest BCUT2D eigenvalue weighted by molar-refractivity contribution is 6.13. The minimum atomic E-state index is -0.426. The number of hydrogen-bond donors (Lipinski definition) is 1. The lowest BCUT2D eigenvalue weighted by Crippen LogP contribution is -2.30. The van der Waals surface area contributed by atoms with Crippen LogP contribution in [0, 0.1) is 6.92 Å². The molecule has 0 bridgehead atoms. The maximum absolute atomic E-state index is 12.6. The number of carbonyl (C=O) groups excluding carboxylic acids is 2. The second kappa shape index (κ2) is 7.95. The fraction of sp³-hybridized carbons (Fsp3) is 0.238. The van der Waals surface area contributed by atoms with Gasteiger partial charge in [-0.05, 0) is 43.2 Å². The molecular weight excluding hydrogens is 344 g/mol. The van der Waals surface area contributed by atoms with Crippen LogP contribution in [0.2, 0.25) is 0 Å². The van der Waals surface area contributed by atoms with E-state index in [-0.39, 0.29) is 18.1 Å². The fourth-order valence-electron chi connectivity index (χ4n) is 2.81. The third kappa shape index (κ3) is 4.11. The number of rotatable bonds is 6. The lowest BCUT2D eigenvalue weighted by molar-refractivity contribution is -0.123. The Morgan fingerprint density at radius 1 is 1.07 bits per heavy atom. The molecule has 1 N–H and O–H groups in total. The van der Waals surface area contributed by atoms with Gasteiger partial charge in [0.05, 0.1) is 20.3 Å². The van der Waals surface area contributed by atoms with Gasteiger partial charge in [0.15, 0.2) is 11.5 Å². The Balaban J connectivity index is 1.81. The van der Waals surface area contributed by atoms with Gasteiger partial charge in [-0.2, -0.15) is 0 Å². The zero-order chi connectivity index (χ0) is 19.4. The molecule has 0 saturated carbocycles. The van der Waals surface area contributed by atoms with Crippen molar-refractivity contribution in [3.8, 4) is 11.5 Å². The number of hydrogen-bond acceptors (Lipinski definition) is 4. The summed E-state index contributed by atoms with van der Waals surface area (Å²) in [6.07, 6.45) is 1.64. The summed E-state index contributed by atoms with van der Waals surface area (Å²) in [6.45, 7) is 4.60. The minimum absolute atomic E-state index is 0.231. The first-order valence-corrected chi connectivity index (χ1v) is 8.72. The number of methoxy groups -OCH3 is 1. The highest BCUT2D eigenvalue weighted by Gasteiger charge is 2.33. The summed E-state index contributed by atoms with van der Waals surface area (Å²) < 4.78 is 10.8. The number of urea groups is 1. The van der Waals surface area contributed by atoms with Crippen molar-refractivity contribution < 1.29 is 19.1 Å². The maximum atomic E-state index is 12.6. The van der Waals surface area contributed by atoms with Crippen molar-refractivity contribution in [2.75, 3.05) is 13.7 Å². The highest BCUT2D eigenvalue weighted by Crippen LogP contribution is 2.29. The van der Waals surface area contributed by atoms with Crippen molar-refractivity contribution >= 4 is 18.0 Å². The van der Waals surface area contributed by atoms with Crippen LogP contribution in [-0.2, 0) is 11.3 Å². The summed E-state index contributed by atoms with van der Waals surface area (Å²) in [5.41, 5.74) is 2.99. The normalized spacial score (nSPS) is 15.2. The third-order valence-corrected chi connectivity index (χ3v) is 4.22. The van der Waals surface area contributed by atoms with Crippen molar-refractivity contribution in [1.29, 1.82) is 0 Å². The Hall–Kier alpha value is -3.28. The molecule has 1 heterocycles. The van der Waals surface area contributed by atoms with Gasteiger partial charge in [-0.25, -0.2) is 4.79 Å². The van der Waals surface area contributed by atoms with Gasteiger partial charge >= 0.3 is 6.03 Å². The SMILES string of the molecule is CCOc1cc(C=C2NC(=O)N(Cc3ccc(C)cc3)C2=O)ccc1OC. The van der Waals surface area contributed by atoms with E-state index in [1.165, 1.54) is 4.90 Å². The smallest absolute Gasteiger partial charge is 0.329 e. The molecule has 6 heteroatoms. The lowest BCUT2D eigenvalue weighted by atomic mass is 10.1. The fourth-order valence-corrected chi connectivity index (χ4v) is 2.81. The number of carbonyl (C=O) groups is 2. The Labute approximate surface area is 158 Å². The van der Waals surface area contributed by atoms with Crippen LogP contribution in [0.3, 0.4) is 0 Å². The van der Waals surface area contributed by atoms with Gasteiger partial charge in [0, 0.05) is 0 Å². The van der Waals surface area contributed by atoms with E-state index in [9.17, 15) is 9.59 Å². The molecule has 1 aliphatic rings. The molecule has 0 radical (unpaired) electrons. The molecule has 1 saturated heterocycles. The number of nitrogens with one attached hydrogen (secondary N) is 1. The summed E-state index contributed by atoms with van der Waals surface area (Å²) in [5.74, 6) is 0.846. The first kappa shape index (κ1) is 18.5. The van der Waals surface area contributed by atoms with Gasteiger partial charge < -0.3 is 14.8 Å². The molecule has 0 aromatic heterocycles. The maximum Gasteiger partial charge on any atom is 0.329 e. The molecule has 0 aliphatic carbocycles. The number of imide groups is 1. The van der Waals surface area contributed by atoms with E-state index in [2.05, 4.69) is 5.32 Å². The van der Waals surface area contributed by atoms with Crippen molar-refractivity contribution in [1.82, 2.24) is 10.2 Å². The summed E-state index contributed by atoms with van der Waals surface area (Å²) in [4.78, 5) is 26.1. The lowest BCUT2D eigenvalue weighted by Gasteiger charge is -2.12. The second-order valence-electron chi connectivity index (χ2n) is 6.21.